The number of phenolic OH excluding ortho intramolecular Hbond substituents is 1. The van der Waals surface area contributed by atoms with Crippen molar-refractivity contribution in [1.29, 1.82) is 0 Å². The first kappa shape index (κ1) is 19.0. The normalized spacial score (nSPS) is 10.3. The van der Waals surface area contributed by atoms with Crippen LogP contribution in [0, 0.1) is 0 Å². The number of rotatable bonds is 11. The third-order valence-electron chi connectivity index (χ3n) is 3.55. The molecule has 0 bridgehead atoms. The van der Waals surface area contributed by atoms with E-state index in [0.29, 0.717) is 25.1 Å². The lowest BCUT2D eigenvalue weighted by atomic mass is 10.1. The van der Waals surface area contributed by atoms with E-state index in [4.69, 9.17) is 4.74 Å². The van der Waals surface area contributed by atoms with E-state index in [2.05, 4.69) is 5.32 Å². The van der Waals surface area contributed by atoms with Gasteiger partial charge in [-0.3, -0.25) is 9.59 Å². The van der Waals surface area contributed by atoms with Crippen LogP contribution in [-0.4, -0.2) is 30.1 Å². The zero-order valence-electron chi connectivity index (χ0n) is 13.8. The number of unbranched alkanes of at least 4 members (excludes halogenated alkanes) is 5. The molecule has 1 amide bonds. The second kappa shape index (κ2) is 11.5. The number of aromatic hydroxyl groups is 1. The lowest BCUT2D eigenvalue weighted by molar-refractivity contribution is -0.143. The molecule has 0 saturated heterocycles. The molecule has 0 aromatic heterocycles. The van der Waals surface area contributed by atoms with Gasteiger partial charge in [-0.15, -0.1) is 0 Å². The standard InChI is InChI=1S/C18H27NO4/c1-2-23-17(21)13-7-5-3-4-6-10-14-19-18(22)15-11-8-9-12-16(15)20/h8-9,11-12,20H,2-7,10,13-14H2,1H3,(H,19,22). The van der Waals surface area contributed by atoms with Crippen LogP contribution in [0.15, 0.2) is 24.3 Å². The summed E-state index contributed by atoms with van der Waals surface area (Å²) in [6, 6.07) is 6.53. The molecule has 0 aliphatic heterocycles. The summed E-state index contributed by atoms with van der Waals surface area (Å²) in [5.41, 5.74) is 0.312. The smallest absolute Gasteiger partial charge is 0.305 e. The van der Waals surface area contributed by atoms with Crippen LogP contribution in [0.5, 0.6) is 5.75 Å². The van der Waals surface area contributed by atoms with Gasteiger partial charge in [0.1, 0.15) is 5.75 Å². The molecule has 0 atom stereocenters. The number of carbonyl (C=O) groups excluding carboxylic acids is 2. The number of ether oxygens (including phenoxy) is 1. The van der Waals surface area contributed by atoms with E-state index in [1.807, 2.05) is 6.92 Å². The van der Waals surface area contributed by atoms with E-state index in [1.165, 1.54) is 6.07 Å². The Labute approximate surface area is 138 Å². The number of para-hydroxylation sites is 1. The van der Waals surface area contributed by atoms with Crippen LogP contribution in [0.3, 0.4) is 0 Å². The predicted molar refractivity (Wildman–Crippen MR) is 89.4 cm³/mol. The molecule has 5 nitrogen and oxygen atoms in total. The van der Waals surface area contributed by atoms with Crippen molar-refractivity contribution in [3.63, 3.8) is 0 Å². The Hall–Kier alpha value is -2.04. The first-order chi connectivity index (χ1) is 11.1. The summed E-state index contributed by atoms with van der Waals surface area (Å²) in [4.78, 5) is 23.0. The fourth-order valence-electron chi connectivity index (χ4n) is 2.30. The van der Waals surface area contributed by atoms with Crippen LogP contribution >= 0.6 is 0 Å². The molecule has 0 unspecified atom stereocenters. The highest BCUT2D eigenvalue weighted by Gasteiger charge is 2.08. The lowest BCUT2D eigenvalue weighted by Gasteiger charge is -2.06. The van der Waals surface area contributed by atoms with Crippen molar-refractivity contribution in [2.75, 3.05) is 13.2 Å². The quantitative estimate of drug-likeness (QED) is 0.484. The van der Waals surface area contributed by atoms with Gasteiger partial charge in [-0.1, -0.05) is 37.8 Å². The Bertz CT molecular complexity index is 488. The van der Waals surface area contributed by atoms with E-state index in [0.717, 1.165) is 38.5 Å². The molecular formula is C18H27NO4. The van der Waals surface area contributed by atoms with Gasteiger partial charge in [0.05, 0.1) is 12.2 Å². The van der Waals surface area contributed by atoms with Crippen LogP contribution < -0.4 is 5.32 Å². The lowest BCUT2D eigenvalue weighted by Crippen LogP contribution is -2.24. The highest BCUT2D eigenvalue weighted by Crippen LogP contribution is 2.15. The van der Waals surface area contributed by atoms with Gasteiger partial charge in [0, 0.05) is 13.0 Å². The highest BCUT2D eigenvalue weighted by atomic mass is 16.5. The summed E-state index contributed by atoms with van der Waals surface area (Å²) >= 11 is 0. The van der Waals surface area contributed by atoms with Crippen LogP contribution in [-0.2, 0) is 9.53 Å². The zero-order chi connectivity index (χ0) is 16.9. The Morgan fingerprint density at radius 2 is 1.70 bits per heavy atom. The summed E-state index contributed by atoms with van der Waals surface area (Å²) in [5, 5.41) is 12.4. The first-order valence-electron chi connectivity index (χ1n) is 8.37. The first-order valence-corrected chi connectivity index (χ1v) is 8.37. The second-order valence-corrected chi connectivity index (χ2v) is 5.45. The van der Waals surface area contributed by atoms with Crippen molar-refractivity contribution in [2.45, 2.75) is 51.9 Å². The monoisotopic (exact) mass is 321 g/mol. The molecule has 1 rings (SSSR count). The van der Waals surface area contributed by atoms with Crippen LogP contribution in [0.1, 0.15) is 62.2 Å². The molecule has 1 aromatic rings. The molecule has 0 heterocycles. The second-order valence-electron chi connectivity index (χ2n) is 5.45. The van der Waals surface area contributed by atoms with Gasteiger partial charge in [-0.25, -0.2) is 0 Å². The molecular weight excluding hydrogens is 294 g/mol. The minimum Gasteiger partial charge on any atom is -0.507 e. The Kier molecular flexibility index (Phi) is 9.52. The Morgan fingerprint density at radius 1 is 1.04 bits per heavy atom. The molecule has 23 heavy (non-hydrogen) atoms. The third-order valence-corrected chi connectivity index (χ3v) is 3.55. The van der Waals surface area contributed by atoms with Gasteiger partial charge in [-0.2, -0.15) is 0 Å². The largest absolute Gasteiger partial charge is 0.507 e. The molecule has 2 N–H and O–H groups in total. The van der Waals surface area contributed by atoms with Crippen molar-refractivity contribution in [2.24, 2.45) is 0 Å². The Balaban J connectivity index is 1.99. The van der Waals surface area contributed by atoms with Crippen LogP contribution in [0.2, 0.25) is 0 Å². The molecule has 1 aromatic carbocycles. The average Bonchev–Trinajstić information content (AvgIpc) is 2.53. The summed E-state index contributed by atoms with van der Waals surface area (Å²) in [5.74, 6) is -0.344. The number of benzene rings is 1. The SMILES string of the molecule is CCOC(=O)CCCCCCCCNC(=O)c1ccccc1O. The number of esters is 1. The van der Waals surface area contributed by atoms with Crippen molar-refractivity contribution < 1.29 is 19.4 Å². The number of nitrogens with one attached hydrogen (secondary N) is 1. The number of amides is 1. The minimum absolute atomic E-state index is 0.00611. The van der Waals surface area contributed by atoms with Gasteiger partial charge in [0.15, 0.2) is 0 Å². The van der Waals surface area contributed by atoms with Crippen molar-refractivity contribution in [3.8, 4) is 5.75 Å². The molecule has 0 aliphatic carbocycles. The Morgan fingerprint density at radius 3 is 2.39 bits per heavy atom. The van der Waals surface area contributed by atoms with E-state index in [1.54, 1.807) is 18.2 Å². The van der Waals surface area contributed by atoms with Gasteiger partial charge < -0.3 is 15.2 Å². The molecule has 0 radical (unpaired) electrons. The predicted octanol–water partition coefficient (Wildman–Crippen LogP) is 3.42. The van der Waals surface area contributed by atoms with Crippen molar-refractivity contribution in [1.82, 2.24) is 5.32 Å². The summed E-state index contributed by atoms with van der Waals surface area (Å²) in [7, 11) is 0. The van der Waals surface area contributed by atoms with E-state index in [9.17, 15) is 14.7 Å². The molecule has 5 heteroatoms. The fourth-order valence-corrected chi connectivity index (χ4v) is 2.30. The third kappa shape index (κ3) is 8.24. The van der Waals surface area contributed by atoms with Crippen molar-refractivity contribution in [3.05, 3.63) is 29.8 Å². The molecule has 0 spiro atoms. The molecule has 0 fully saturated rings. The maximum absolute atomic E-state index is 11.8. The summed E-state index contributed by atoms with van der Waals surface area (Å²) in [6.07, 6.45) is 6.55. The highest BCUT2D eigenvalue weighted by molar-refractivity contribution is 5.96. The van der Waals surface area contributed by atoms with E-state index < -0.39 is 0 Å². The maximum atomic E-state index is 11.8. The summed E-state index contributed by atoms with van der Waals surface area (Å²) < 4.78 is 4.87. The molecule has 0 aliphatic rings. The minimum atomic E-state index is -0.238. The number of hydrogen-bond acceptors (Lipinski definition) is 4. The fraction of sp³-hybridized carbons (Fsp3) is 0.556. The number of hydrogen-bond donors (Lipinski definition) is 2. The van der Waals surface area contributed by atoms with Gasteiger partial charge in [0.2, 0.25) is 0 Å². The maximum Gasteiger partial charge on any atom is 0.305 e. The summed E-state index contributed by atoms with van der Waals surface area (Å²) in [6.45, 7) is 2.87. The van der Waals surface area contributed by atoms with Crippen molar-refractivity contribution >= 4 is 11.9 Å². The van der Waals surface area contributed by atoms with Gasteiger partial charge >= 0.3 is 5.97 Å². The van der Waals surface area contributed by atoms with E-state index >= 15 is 0 Å². The molecule has 128 valence electrons. The van der Waals surface area contributed by atoms with Gasteiger partial charge in [-0.05, 0) is 31.9 Å². The topological polar surface area (TPSA) is 75.6 Å². The number of carbonyl (C=O) groups is 2. The zero-order valence-corrected chi connectivity index (χ0v) is 13.8. The van der Waals surface area contributed by atoms with E-state index in [-0.39, 0.29) is 17.6 Å². The number of phenols is 1. The molecule has 0 saturated carbocycles. The van der Waals surface area contributed by atoms with Gasteiger partial charge in [0.25, 0.3) is 5.91 Å². The average molecular weight is 321 g/mol. The van der Waals surface area contributed by atoms with Crippen LogP contribution in [0.25, 0.3) is 0 Å². The van der Waals surface area contributed by atoms with Crippen LogP contribution in [0.4, 0.5) is 0 Å².